The van der Waals surface area contributed by atoms with Gasteiger partial charge in [0.15, 0.2) is 0 Å². The first-order chi connectivity index (χ1) is 7.74. The van der Waals surface area contributed by atoms with Crippen molar-refractivity contribution in [2.75, 3.05) is 0 Å². The molecule has 0 saturated heterocycles. The summed E-state index contributed by atoms with van der Waals surface area (Å²) in [7, 11) is 0. The van der Waals surface area contributed by atoms with Gasteiger partial charge in [0.1, 0.15) is 0 Å². The van der Waals surface area contributed by atoms with Crippen LogP contribution in [-0.2, 0) is 0 Å². The van der Waals surface area contributed by atoms with Crippen molar-refractivity contribution in [2.45, 2.75) is 39.3 Å². The number of aryl methyl sites for hydroxylation is 1. The van der Waals surface area contributed by atoms with E-state index in [-0.39, 0.29) is 5.91 Å². The first-order valence-electron chi connectivity index (χ1n) is 5.51. The van der Waals surface area contributed by atoms with Gasteiger partial charge in [0.2, 0.25) is 0 Å². The van der Waals surface area contributed by atoms with E-state index in [1.165, 1.54) is 0 Å². The zero-order chi connectivity index (χ0) is 13.2. The second-order valence-electron chi connectivity index (χ2n) is 4.81. The number of aliphatic hydroxyl groups is 1. The smallest absolute Gasteiger partial charge is 0.252 e. The molecule has 0 aliphatic heterocycles. The van der Waals surface area contributed by atoms with Crippen molar-refractivity contribution < 1.29 is 9.90 Å². The Bertz CT molecular complexity index is 427. The molecule has 1 rings (SSSR count). The van der Waals surface area contributed by atoms with Crippen LogP contribution in [-0.4, -0.2) is 22.7 Å². The van der Waals surface area contributed by atoms with E-state index in [9.17, 15) is 9.90 Å². The average Bonchev–Trinajstić information content (AvgIpc) is 2.15. The molecule has 0 radical (unpaired) electrons. The Morgan fingerprint density at radius 3 is 2.53 bits per heavy atom. The summed E-state index contributed by atoms with van der Waals surface area (Å²) < 4.78 is 0.946. The van der Waals surface area contributed by atoms with Gasteiger partial charge in [0.05, 0.1) is 11.6 Å². The standard InChI is InChI=1S/C13H18BrNO2/c1-8-7-10(14)5-6-11(8)12(17)15-13(3,4)9(2)16/h5-7,9,16H,1-4H3,(H,15,17). The molecule has 0 aliphatic rings. The van der Waals surface area contributed by atoms with Crippen molar-refractivity contribution in [2.24, 2.45) is 0 Å². The van der Waals surface area contributed by atoms with Crippen LogP contribution < -0.4 is 5.32 Å². The molecular weight excluding hydrogens is 282 g/mol. The van der Waals surface area contributed by atoms with E-state index in [0.29, 0.717) is 5.56 Å². The maximum absolute atomic E-state index is 12.1. The molecule has 0 saturated carbocycles. The average molecular weight is 300 g/mol. The summed E-state index contributed by atoms with van der Waals surface area (Å²) in [5.74, 6) is -0.166. The van der Waals surface area contributed by atoms with Gasteiger partial charge in [-0.1, -0.05) is 15.9 Å². The lowest BCUT2D eigenvalue weighted by molar-refractivity contribution is 0.0709. The molecule has 1 unspecified atom stereocenters. The van der Waals surface area contributed by atoms with Gasteiger partial charge >= 0.3 is 0 Å². The van der Waals surface area contributed by atoms with Crippen LogP contribution in [0, 0.1) is 6.92 Å². The van der Waals surface area contributed by atoms with Crippen LogP contribution in [0.15, 0.2) is 22.7 Å². The van der Waals surface area contributed by atoms with Crippen LogP contribution in [0.25, 0.3) is 0 Å². The van der Waals surface area contributed by atoms with Crippen LogP contribution in [0.3, 0.4) is 0 Å². The topological polar surface area (TPSA) is 49.3 Å². The predicted octanol–water partition coefficient (Wildman–Crippen LogP) is 2.65. The minimum absolute atomic E-state index is 0.166. The van der Waals surface area contributed by atoms with Gasteiger partial charge in [-0.3, -0.25) is 4.79 Å². The second-order valence-corrected chi connectivity index (χ2v) is 5.73. The number of benzene rings is 1. The highest BCUT2D eigenvalue weighted by Gasteiger charge is 2.26. The Labute approximate surface area is 110 Å². The van der Waals surface area contributed by atoms with E-state index in [4.69, 9.17) is 0 Å². The third-order valence-electron chi connectivity index (χ3n) is 2.91. The number of carbonyl (C=O) groups excluding carboxylic acids is 1. The minimum Gasteiger partial charge on any atom is -0.391 e. The first-order valence-corrected chi connectivity index (χ1v) is 6.30. The highest BCUT2D eigenvalue weighted by molar-refractivity contribution is 9.10. The van der Waals surface area contributed by atoms with Crippen molar-refractivity contribution in [3.63, 3.8) is 0 Å². The van der Waals surface area contributed by atoms with Gasteiger partial charge in [-0.2, -0.15) is 0 Å². The normalized spacial score (nSPS) is 13.3. The number of hydrogen-bond acceptors (Lipinski definition) is 2. The predicted molar refractivity (Wildman–Crippen MR) is 72.1 cm³/mol. The van der Waals surface area contributed by atoms with E-state index < -0.39 is 11.6 Å². The lowest BCUT2D eigenvalue weighted by atomic mass is 9.97. The van der Waals surface area contributed by atoms with E-state index in [1.54, 1.807) is 26.8 Å². The number of carbonyl (C=O) groups is 1. The molecule has 0 heterocycles. The van der Waals surface area contributed by atoms with Crippen molar-refractivity contribution in [3.05, 3.63) is 33.8 Å². The molecular formula is C13H18BrNO2. The summed E-state index contributed by atoms with van der Waals surface area (Å²) in [6, 6.07) is 5.49. The van der Waals surface area contributed by atoms with Gasteiger partial charge < -0.3 is 10.4 Å². The molecule has 3 nitrogen and oxygen atoms in total. The third-order valence-corrected chi connectivity index (χ3v) is 3.41. The molecule has 17 heavy (non-hydrogen) atoms. The summed E-state index contributed by atoms with van der Waals surface area (Å²) >= 11 is 3.36. The van der Waals surface area contributed by atoms with E-state index >= 15 is 0 Å². The molecule has 0 bridgehead atoms. The van der Waals surface area contributed by atoms with Gasteiger partial charge in [-0.05, 0) is 51.5 Å². The van der Waals surface area contributed by atoms with E-state index in [2.05, 4.69) is 21.2 Å². The lowest BCUT2D eigenvalue weighted by Crippen LogP contribution is -2.51. The van der Waals surface area contributed by atoms with Crippen LogP contribution in [0.5, 0.6) is 0 Å². The molecule has 1 aromatic carbocycles. The first kappa shape index (κ1) is 14.2. The molecule has 94 valence electrons. The fraction of sp³-hybridized carbons (Fsp3) is 0.462. The number of amides is 1. The minimum atomic E-state index is -0.642. The Morgan fingerprint density at radius 2 is 2.06 bits per heavy atom. The molecule has 2 N–H and O–H groups in total. The lowest BCUT2D eigenvalue weighted by Gasteiger charge is -2.29. The quantitative estimate of drug-likeness (QED) is 0.901. The van der Waals surface area contributed by atoms with Gasteiger partial charge in [0.25, 0.3) is 5.91 Å². The molecule has 0 fully saturated rings. The molecule has 0 aromatic heterocycles. The van der Waals surface area contributed by atoms with Crippen LogP contribution >= 0.6 is 15.9 Å². The number of halogens is 1. The number of aliphatic hydroxyl groups excluding tert-OH is 1. The SMILES string of the molecule is Cc1cc(Br)ccc1C(=O)NC(C)(C)C(C)O. The van der Waals surface area contributed by atoms with Crippen molar-refractivity contribution in [1.29, 1.82) is 0 Å². The Morgan fingerprint density at radius 1 is 1.47 bits per heavy atom. The van der Waals surface area contributed by atoms with E-state index in [1.807, 2.05) is 19.1 Å². The molecule has 1 aromatic rings. The maximum atomic E-state index is 12.1. The molecule has 0 spiro atoms. The fourth-order valence-electron chi connectivity index (χ4n) is 1.35. The largest absolute Gasteiger partial charge is 0.391 e. The molecule has 1 amide bonds. The van der Waals surface area contributed by atoms with Crippen LogP contribution in [0.2, 0.25) is 0 Å². The highest BCUT2D eigenvalue weighted by Crippen LogP contribution is 2.17. The summed E-state index contributed by atoms with van der Waals surface area (Å²) in [5.41, 5.74) is 0.886. The van der Waals surface area contributed by atoms with E-state index in [0.717, 1.165) is 10.0 Å². The molecule has 1 atom stereocenters. The van der Waals surface area contributed by atoms with Gasteiger partial charge in [-0.25, -0.2) is 0 Å². The van der Waals surface area contributed by atoms with Crippen LogP contribution in [0.1, 0.15) is 36.7 Å². The van der Waals surface area contributed by atoms with Crippen LogP contribution in [0.4, 0.5) is 0 Å². The number of rotatable bonds is 3. The Hall–Kier alpha value is -0.870. The van der Waals surface area contributed by atoms with Crippen molar-refractivity contribution >= 4 is 21.8 Å². The number of hydrogen-bond donors (Lipinski definition) is 2. The van der Waals surface area contributed by atoms with Gasteiger partial charge in [-0.15, -0.1) is 0 Å². The third kappa shape index (κ3) is 3.54. The van der Waals surface area contributed by atoms with Crippen molar-refractivity contribution in [3.8, 4) is 0 Å². The zero-order valence-electron chi connectivity index (χ0n) is 10.5. The summed E-state index contributed by atoms with van der Waals surface area (Å²) in [4.78, 5) is 12.1. The fourth-order valence-corrected chi connectivity index (χ4v) is 1.82. The Balaban J connectivity index is 2.91. The molecule has 0 aliphatic carbocycles. The summed E-state index contributed by atoms with van der Waals surface area (Å²) in [5, 5.41) is 12.4. The molecule has 4 heteroatoms. The Kier molecular flexibility index (Phi) is 4.33. The monoisotopic (exact) mass is 299 g/mol. The maximum Gasteiger partial charge on any atom is 0.252 e. The summed E-state index contributed by atoms with van der Waals surface area (Å²) in [6.07, 6.45) is -0.609. The van der Waals surface area contributed by atoms with Gasteiger partial charge in [0, 0.05) is 10.0 Å². The zero-order valence-corrected chi connectivity index (χ0v) is 12.1. The second kappa shape index (κ2) is 5.19. The summed E-state index contributed by atoms with van der Waals surface area (Å²) in [6.45, 7) is 7.14. The number of nitrogens with one attached hydrogen (secondary N) is 1. The highest BCUT2D eigenvalue weighted by atomic mass is 79.9. The van der Waals surface area contributed by atoms with Crippen molar-refractivity contribution in [1.82, 2.24) is 5.32 Å².